The van der Waals surface area contributed by atoms with Gasteiger partial charge in [-0.15, -0.1) is 0 Å². The molecule has 0 radical (unpaired) electrons. The maximum atomic E-state index is 13.0. The zero-order chi connectivity index (χ0) is 24.7. The maximum Gasteiger partial charge on any atom is 0.265 e. The Bertz CT molecular complexity index is 1130. The molecule has 3 rings (SSSR count). The van der Waals surface area contributed by atoms with Crippen LogP contribution in [0.15, 0.2) is 32.4 Å². The molecule has 0 aliphatic carbocycles. The van der Waals surface area contributed by atoms with Crippen molar-refractivity contribution in [2.75, 3.05) is 32.8 Å². The summed E-state index contributed by atoms with van der Waals surface area (Å²) in [5.74, 6) is 0.720. The van der Waals surface area contributed by atoms with Crippen molar-refractivity contribution in [3.8, 4) is 17.1 Å². The van der Waals surface area contributed by atoms with Crippen molar-refractivity contribution in [1.82, 2.24) is 20.0 Å². The summed E-state index contributed by atoms with van der Waals surface area (Å²) in [6.07, 6.45) is 2.32. The molecule has 0 amide bonds. The van der Waals surface area contributed by atoms with Gasteiger partial charge in [0.1, 0.15) is 16.0 Å². The third-order valence-corrected chi connectivity index (χ3v) is 7.64. The number of aromatic amines is 1. The van der Waals surface area contributed by atoms with Crippen molar-refractivity contribution >= 4 is 26.0 Å². The Balaban J connectivity index is 1.85. The van der Waals surface area contributed by atoms with Crippen LogP contribution < -0.4 is 20.3 Å². The summed E-state index contributed by atoms with van der Waals surface area (Å²) in [5, 5.41) is 3.27. The number of nitrogens with one attached hydrogen (secondary N) is 3. The summed E-state index contributed by atoms with van der Waals surface area (Å²) >= 11 is 3.30. The van der Waals surface area contributed by atoms with Crippen molar-refractivity contribution in [1.29, 1.82) is 0 Å². The molecule has 1 fully saturated rings. The van der Waals surface area contributed by atoms with Crippen LogP contribution in [0.4, 0.5) is 0 Å². The van der Waals surface area contributed by atoms with E-state index in [2.05, 4.69) is 35.9 Å². The van der Waals surface area contributed by atoms with Crippen LogP contribution in [0.2, 0.25) is 0 Å². The Morgan fingerprint density at radius 1 is 1.35 bits per heavy atom. The van der Waals surface area contributed by atoms with E-state index >= 15 is 0 Å². The zero-order valence-electron chi connectivity index (χ0n) is 19.8. The number of hydrogen-bond donors (Lipinski definition) is 3. The van der Waals surface area contributed by atoms with E-state index < -0.39 is 10.0 Å². The highest BCUT2D eigenvalue weighted by Crippen LogP contribution is 2.32. The molecule has 9 nitrogen and oxygen atoms in total. The Morgan fingerprint density at radius 3 is 2.82 bits per heavy atom. The SMILES string of the molecule is CCCOc1ccc(S(=O)(=O)NCCCC2CNCCO2)cc1-c1nc(C(C)C)c(Br)c(=O)[nH]1. The third kappa shape index (κ3) is 6.88. The van der Waals surface area contributed by atoms with Crippen LogP contribution in [0.3, 0.4) is 0 Å². The van der Waals surface area contributed by atoms with E-state index in [-0.39, 0.29) is 28.3 Å². The van der Waals surface area contributed by atoms with E-state index in [0.717, 1.165) is 25.9 Å². The first-order valence-electron chi connectivity index (χ1n) is 11.6. The van der Waals surface area contributed by atoms with Gasteiger partial charge < -0.3 is 19.8 Å². The molecule has 0 spiro atoms. The average Bonchev–Trinajstić information content (AvgIpc) is 2.82. The fraction of sp³-hybridized carbons (Fsp3) is 0.565. The smallest absolute Gasteiger partial charge is 0.265 e. The first-order valence-corrected chi connectivity index (χ1v) is 13.9. The van der Waals surface area contributed by atoms with E-state index in [9.17, 15) is 13.2 Å². The van der Waals surface area contributed by atoms with Gasteiger partial charge in [0.25, 0.3) is 5.56 Å². The van der Waals surface area contributed by atoms with E-state index in [1.807, 2.05) is 20.8 Å². The second-order valence-electron chi connectivity index (χ2n) is 8.51. The molecule has 0 saturated carbocycles. The van der Waals surface area contributed by atoms with Gasteiger partial charge in [-0.2, -0.15) is 0 Å². The normalized spacial score (nSPS) is 16.7. The molecule has 1 saturated heterocycles. The molecule has 188 valence electrons. The van der Waals surface area contributed by atoms with Crippen LogP contribution in [0.1, 0.15) is 51.6 Å². The fourth-order valence-corrected chi connectivity index (χ4v) is 5.36. The maximum absolute atomic E-state index is 13.0. The highest BCUT2D eigenvalue weighted by atomic mass is 79.9. The summed E-state index contributed by atoms with van der Waals surface area (Å²) in [5.41, 5.74) is 0.677. The van der Waals surface area contributed by atoms with Gasteiger partial charge in [-0.25, -0.2) is 18.1 Å². The van der Waals surface area contributed by atoms with E-state index in [1.54, 1.807) is 6.07 Å². The topological polar surface area (TPSA) is 122 Å². The second-order valence-corrected chi connectivity index (χ2v) is 11.1. The second kappa shape index (κ2) is 12.3. The monoisotopic (exact) mass is 556 g/mol. The van der Waals surface area contributed by atoms with Gasteiger partial charge in [0.05, 0.1) is 35.5 Å². The Hall–Kier alpha value is -1.79. The number of morpholine rings is 1. The highest BCUT2D eigenvalue weighted by Gasteiger charge is 2.21. The Labute approximate surface area is 209 Å². The average molecular weight is 558 g/mol. The van der Waals surface area contributed by atoms with Gasteiger partial charge in [0.15, 0.2) is 0 Å². The molecule has 1 aromatic heterocycles. The van der Waals surface area contributed by atoms with E-state index in [1.165, 1.54) is 12.1 Å². The number of rotatable bonds is 11. The highest BCUT2D eigenvalue weighted by molar-refractivity contribution is 9.10. The minimum atomic E-state index is -3.77. The molecule has 2 heterocycles. The molecule has 0 bridgehead atoms. The van der Waals surface area contributed by atoms with Crippen molar-refractivity contribution in [3.05, 3.63) is 38.7 Å². The van der Waals surface area contributed by atoms with Gasteiger partial charge in [-0.3, -0.25) is 4.79 Å². The van der Waals surface area contributed by atoms with Gasteiger partial charge in [-0.05, 0) is 59.3 Å². The number of nitrogens with zero attached hydrogens (tertiary/aromatic N) is 1. The molecule has 3 N–H and O–H groups in total. The molecular weight excluding hydrogens is 524 g/mol. The lowest BCUT2D eigenvalue weighted by atomic mass is 10.1. The first kappa shape index (κ1) is 26.8. The molecule has 1 atom stereocenters. The largest absolute Gasteiger partial charge is 0.493 e. The van der Waals surface area contributed by atoms with E-state index in [0.29, 0.717) is 47.7 Å². The summed E-state index contributed by atoms with van der Waals surface area (Å²) in [7, 11) is -3.77. The third-order valence-electron chi connectivity index (χ3n) is 5.41. The van der Waals surface area contributed by atoms with Crippen molar-refractivity contribution < 1.29 is 17.9 Å². The van der Waals surface area contributed by atoms with Gasteiger partial charge >= 0.3 is 0 Å². The predicted octanol–water partition coefficient (Wildman–Crippen LogP) is 3.16. The fourth-order valence-electron chi connectivity index (χ4n) is 3.61. The lowest BCUT2D eigenvalue weighted by Crippen LogP contribution is -2.38. The summed E-state index contributed by atoms with van der Waals surface area (Å²) in [4.78, 5) is 20.0. The Morgan fingerprint density at radius 2 is 2.15 bits per heavy atom. The van der Waals surface area contributed by atoms with Crippen LogP contribution in [0.5, 0.6) is 5.75 Å². The number of hydrogen-bond acceptors (Lipinski definition) is 7. The number of halogens is 1. The minimum Gasteiger partial charge on any atom is -0.493 e. The standard InChI is InChI=1S/C23H33BrN4O5S/c1-4-11-33-19-8-7-17(34(30,31)26-9-5-6-16-14-25-10-12-32-16)13-18(19)22-27-21(15(2)3)20(24)23(29)28-22/h7-8,13,15-16,25-26H,4-6,9-12,14H2,1-3H3,(H,27,28,29). The number of benzene rings is 1. The van der Waals surface area contributed by atoms with Crippen LogP contribution in [0, 0.1) is 0 Å². The van der Waals surface area contributed by atoms with Gasteiger partial charge in [0.2, 0.25) is 10.0 Å². The molecule has 1 aliphatic heterocycles. The number of H-pyrrole nitrogens is 1. The van der Waals surface area contributed by atoms with Gasteiger partial charge in [0, 0.05) is 19.6 Å². The molecule has 1 aliphatic rings. The molecule has 2 aromatic rings. The van der Waals surface area contributed by atoms with Crippen LogP contribution in [-0.4, -0.2) is 57.3 Å². The quantitative estimate of drug-likeness (QED) is 0.363. The molecular formula is C23H33BrN4O5S. The van der Waals surface area contributed by atoms with Gasteiger partial charge in [-0.1, -0.05) is 20.8 Å². The zero-order valence-corrected chi connectivity index (χ0v) is 22.2. The predicted molar refractivity (Wildman–Crippen MR) is 135 cm³/mol. The minimum absolute atomic E-state index is 0.00707. The summed E-state index contributed by atoms with van der Waals surface area (Å²) in [6.45, 7) is 8.91. The number of sulfonamides is 1. The summed E-state index contributed by atoms with van der Waals surface area (Å²) in [6, 6.07) is 4.61. The first-order chi connectivity index (χ1) is 16.2. The summed E-state index contributed by atoms with van der Waals surface area (Å²) < 4.78 is 40.5. The lowest BCUT2D eigenvalue weighted by molar-refractivity contribution is 0.0227. The molecule has 11 heteroatoms. The number of aromatic nitrogens is 2. The Kier molecular flexibility index (Phi) is 9.66. The van der Waals surface area contributed by atoms with Crippen molar-refractivity contribution in [3.63, 3.8) is 0 Å². The molecule has 1 aromatic carbocycles. The van der Waals surface area contributed by atoms with E-state index in [4.69, 9.17) is 9.47 Å². The van der Waals surface area contributed by atoms with Crippen LogP contribution >= 0.6 is 15.9 Å². The molecule has 1 unspecified atom stereocenters. The van der Waals surface area contributed by atoms with Crippen molar-refractivity contribution in [2.45, 2.75) is 57.0 Å². The van der Waals surface area contributed by atoms with Crippen LogP contribution in [0.25, 0.3) is 11.4 Å². The van der Waals surface area contributed by atoms with Crippen molar-refractivity contribution in [2.24, 2.45) is 0 Å². The van der Waals surface area contributed by atoms with Crippen LogP contribution in [-0.2, 0) is 14.8 Å². The number of ether oxygens (including phenoxy) is 2. The lowest BCUT2D eigenvalue weighted by Gasteiger charge is -2.23. The molecule has 34 heavy (non-hydrogen) atoms.